The van der Waals surface area contributed by atoms with E-state index in [9.17, 15) is 26.3 Å². The standard InChI is InChI=1S/C15H11F6N5/c16-13-2-1-11(3-12(13)14(17)18)26-7-10(23-24-26)6-25-5-9(4-22-8-25)15(19,20)21/h1-5,7,14H,6,8H2. The molecule has 0 amide bonds. The zero-order valence-electron chi connectivity index (χ0n) is 13.0. The molecule has 0 atom stereocenters. The summed E-state index contributed by atoms with van der Waals surface area (Å²) in [6.45, 7) is -0.00165. The summed E-state index contributed by atoms with van der Waals surface area (Å²) >= 11 is 0. The largest absolute Gasteiger partial charge is 0.419 e. The van der Waals surface area contributed by atoms with Crippen LogP contribution in [0.25, 0.3) is 5.69 Å². The first kappa shape index (κ1) is 18.0. The molecule has 0 aliphatic carbocycles. The van der Waals surface area contributed by atoms with Crippen molar-refractivity contribution in [3.05, 3.63) is 53.2 Å². The molecule has 5 nitrogen and oxygen atoms in total. The monoisotopic (exact) mass is 375 g/mol. The van der Waals surface area contributed by atoms with Gasteiger partial charge in [-0.05, 0) is 18.2 Å². The van der Waals surface area contributed by atoms with E-state index in [0.717, 1.165) is 29.2 Å². The Morgan fingerprint density at radius 2 is 1.96 bits per heavy atom. The van der Waals surface area contributed by atoms with Gasteiger partial charge in [-0.1, -0.05) is 5.21 Å². The van der Waals surface area contributed by atoms with Gasteiger partial charge in [-0.25, -0.2) is 17.9 Å². The summed E-state index contributed by atoms with van der Waals surface area (Å²) in [6.07, 6.45) is -4.48. The van der Waals surface area contributed by atoms with Crippen molar-refractivity contribution in [1.82, 2.24) is 19.9 Å². The molecule has 0 radical (unpaired) electrons. The molecular formula is C15H11F6N5. The summed E-state index contributed by atoms with van der Waals surface area (Å²) in [4.78, 5) is 4.93. The molecule has 26 heavy (non-hydrogen) atoms. The van der Waals surface area contributed by atoms with Crippen molar-refractivity contribution in [3.63, 3.8) is 0 Å². The van der Waals surface area contributed by atoms with Crippen LogP contribution in [-0.2, 0) is 6.54 Å². The summed E-state index contributed by atoms with van der Waals surface area (Å²) in [6, 6.07) is 3.06. The fourth-order valence-corrected chi connectivity index (χ4v) is 2.30. The summed E-state index contributed by atoms with van der Waals surface area (Å²) < 4.78 is 78.1. The Labute approximate surface area is 143 Å². The van der Waals surface area contributed by atoms with E-state index in [4.69, 9.17) is 0 Å². The molecular weight excluding hydrogens is 364 g/mol. The molecule has 138 valence electrons. The van der Waals surface area contributed by atoms with Gasteiger partial charge in [0, 0.05) is 12.4 Å². The van der Waals surface area contributed by atoms with Crippen molar-refractivity contribution in [2.45, 2.75) is 19.1 Å². The van der Waals surface area contributed by atoms with Crippen LogP contribution in [-0.4, -0.2) is 39.0 Å². The summed E-state index contributed by atoms with van der Waals surface area (Å²) in [5.41, 5.74) is -1.22. The van der Waals surface area contributed by atoms with Crippen LogP contribution in [0, 0.1) is 5.82 Å². The van der Waals surface area contributed by atoms with Gasteiger partial charge in [0.1, 0.15) is 18.2 Å². The molecule has 1 aromatic carbocycles. The highest BCUT2D eigenvalue weighted by Crippen LogP contribution is 2.27. The Balaban J connectivity index is 1.78. The van der Waals surface area contributed by atoms with Crippen molar-refractivity contribution >= 4 is 6.21 Å². The molecule has 2 heterocycles. The Bertz CT molecular complexity index is 854. The molecule has 0 fully saturated rings. The van der Waals surface area contributed by atoms with E-state index in [-0.39, 0.29) is 18.9 Å². The summed E-state index contributed by atoms with van der Waals surface area (Å²) in [5, 5.41) is 7.54. The van der Waals surface area contributed by atoms with E-state index in [1.54, 1.807) is 0 Å². The second kappa shape index (κ2) is 6.81. The average Bonchev–Trinajstić information content (AvgIpc) is 3.03. The smallest absolute Gasteiger partial charge is 0.352 e. The van der Waals surface area contributed by atoms with Gasteiger partial charge in [0.2, 0.25) is 0 Å². The third-order valence-corrected chi connectivity index (χ3v) is 3.53. The van der Waals surface area contributed by atoms with Crippen LogP contribution in [0.2, 0.25) is 0 Å². The highest BCUT2D eigenvalue weighted by atomic mass is 19.4. The second-order valence-electron chi connectivity index (χ2n) is 5.44. The number of hydrogen-bond donors (Lipinski definition) is 0. The number of benzene rings is 1. The van der Waals surface area contributed by atoms with Gasteiger partial charge in [0.05, 0.1) is 29.6 Å². The highest BCUT2D eigenvalue weighted by molar-refractivity contribution is 5.80. The number of allylic oxidation sites excluding steroid dienone is 1. The second-order valence-corrected chi connectivity index (χ2v) is 5.44. The van der Waals surface area contributed by atoms with Gasteiger partial charge in [0.15, 0.2) is 0 Å². The number of rotatable bonds is 4. The lowest BCUT2D eigenvalue weighted by Crippen LogP contribution is -2.26. The minimum absolute atomic E-state index is 0.0124. The number of hydrogen-bond acceptors (Lipinski definition) is 4. The minimum atomic E-state index is -4.51. The van der Waals surface area contributed by atoms with Crippen molar-refractivity contribution in [1.29, 1.82) is 0 Å². The zero-order chi connectivity index (χ0) is 18.9. The maximum atomic E-state index is 13.3. The Morgan fingerprint density at radius 1 is 1.19 bits per heavy atom. The summed E-state index contributed by atoms with van der Waals surface area (Å²) in [7, 11) is 0. The number of halogens is 6. The average molecular weight is 375 g/mol. The van der Waals surface area contributed by atoms with Gasteiger partial charge in [-0.15, -0.1) is 5.10 Å². The van der Waals surface area contributed by atoms with E-state index >= 15 is 0 Å². The van der Waals surface area contributed by atoms with Gasteiger partial charge >= 0.3 is 6.18 Å². The topological polar surface area (TPSA) is 46.3 Å². The number of aromatic nitrogens is 3. The van der Waals surface area contributed by atoms with E-state index in [0.29, 0.717) is 5.69 Å². The molecule has 0 saturated heterocycles. The lowest BCUT2D eigenvalue weighted by molar-refractivity contribution is -0.0870. The van der Waals surface area contributed by atoms with Gasteiger partial charge in [-0.3, -0.25) is 4.99 Å². The maximum Gasteiger partial charge on any atom is 0.419 e. The van der Waals surface area contributed by atoms with Crippen LogP contribution in [0.3, 0.4) is 0 Å². The van der Waals surface area contributed by atoms with Crippen molar-refractivity contribution in [2.75, 3.05) is 6.67 Å². The Hall–Kier alpha value is -2.85. The van der Waals surface area contributed by atoms with Crippen LogP contribution in [0.5, 0.6) is 0 Å². The van der Waals surface area contributed by atoms with Crippen LogP contribution < -0.4 is 0 Å². The minimum Gasteiger partial charge on any atom is -0.352 e. The van der Waals surface area contributed by atoms with Crippen LogP contribution >= 0.6 is 0 Å². The Morgan fingerprint density at radius 3 is 2.65 bits per heavy atom. The molecule has 11 heteroatoms. The van der Waals surface area contributed by atoms with E-state index in [1.807, 2.05) is 0 Å². The molecule has 0 saturated carbocycles. The fourth-order valence-electron chi connectivity index (χ4n) is 2.30. The predicted molar refractivity (Wildman–Crippen MR) is 79.3 cm³/mol. The first-order chi connectivity index (χ1) is 12.2. The van der Waals surface area contributed by atoms with Crippen LogP contribution in [0.15, 0.2) is 41.2 Å². The molecule has 1 aliphatic rings. The van der Waals surface area contributed by atoms with Gasteiger partial charge in [0.25, 0.3) is 6.43 Å². The molecule has 3 rings (SSSR count). The molecule has 0 N–H and O–H groups in total. The van der Waals surface area contributed by atoms with E-state index in [2.05, 4.69) is 15.3 Å². The first-order valence-electron chi connectivity index (χ1n) is 7.26. The lowest BCUT2D eigenvalue weighted by Gasteiger charge is -2.22. The molecule has 0 unspecified atom stereocenters. The van der Waals surface area contributed by atoms with Crippen molar-refractivity contribution < 1.29 is 26.3 Å². The zero-order valence-corrected chi connectivity index (χ0v) is 13.0. The quantitative estimate of drug-likeness (QED) is 0.767. The molecule has 1 aromatic heterocycles. The Kier molecular flexibility index (Phi) is 4.70. The first-order valence-corrected chi connectivity index (χ1v) is 7.26. The number of aliphatic imine (C=N–C) groups is 1. The van der Waals surface area contributed by atoms with Crippen LogP contribution in [0.4, 0.5) is 26.3 Å². The summed E-state index contributed by atoms with van der Waals surface area (Å²) in [5.74, 6) is -1.04. The molecule has 0 bridgehead atoms. The predicted octanol–water partition coefficient (Wildman–Crippen LogP) is 3.63. The molecule has 1 aliphatic heterocycles. The van der Waals surface area contributed by atoms with Gasteiger partial charge in [-0.2, -0.15) is 13.2 Å². The third kappa shape index (κ3) is 3.86. The molecule has 2 aromatic rings. The number of nitrogens with zero attached hydrogens (tertiary/aromatic N) is 5. The van der Waals surface area contributed by atoms with Crippen molar-refractivity contribution in [2.24, 2.45) is 4.99 Å². The normalized spacial score (nSPS) is 14.9. The fraction of sp³-hybridized carbons (Fsp3) is 0.267. The highest BCUT2D eigenvalue weighted by Gasteiger charge is 2.34. The maximum absolute atomic E-state index is 13.3. The third-order valence-electron chi connectivity index (χ3n) is 3.53. The van der Waals surface area contributed by atoms with E-state index < -0.39 is 29.6 Å². The van der Waals surface area contributed by atoms with Crippen LogP contribution in [0.1, 0.15) is 17.7 Å². The van der Waals surface area contributed by atoms with E-state index in [1.165, 1.54) is 17.2 Å². The SMILES string of the molecule is Fc1ccc(-n2cc(CN3C=C(C(F)(F)F)C=NC3)nn2)cc1C(F)F. The van der Waals surface area contributed by atoms with Gasteiger partial charge < -0.3 is 4.90 Å². The number of alkyl halides is 5. The van der Waals surface area contributed by atoms with Crippen molar-refractivity contribution in [3.8, 4) is 5.69 Å². The molecule has 0 spiro atoms. The lowest BCUT2D eigenvalue weighted by atomic mass is 10.2.